The van der Waals surface area contributed by atoms with Gasteiger partial charge in [0, 0.05) is 24.1 Å². The van der Waals surface area contributed by atoms with Crippen LogP contribution in [0.2, 0.25) is 0 Å². The summed E-state index contributed by atoms with van der Waals surface area (Å²) in [6.45, 7) is 4.06. The van der Waals surface area contributed by atoms with Crippen LogP contribution >= 0.6 is 15.9 Å². The first-order valence-corrected chi connectivity index (χ1v) is 5.68. The highest BCUT2D eigenvalue weighted by Gasteiger charge is 2.12. The van der Waals surface area contributed by atoms with Crippen molar-refractivity contribution >= 4 is 27.7 Å². The highest BCUT2D eigenvalue weighted by molar-refractivity contribution is 9.10. The Morgan fingerprint density at radius 3 is 2.67 bits per heavy atom. The van der Waals surface area contributed by atoms with E-state index >= 15 is 0 Å². The van der Waals surface area contributed by atoms with Crippen LogP contribution < -0.4 is 4.90 Å². The lowest BCUT2D eigenvalue weighted by atomic mass is 10.1. The number of aromatic nitrogens is 1. The fourth-order valence-electron chi connectivity index (χ4n) is 1.18. The van der Waals surface area contributed by atoms with Crippen molar-refractivity contribution < 1.29 is 4.79 Å². The SMILES string of the molecule is CC(C)CC(=O)N(C)c1ccc(Br)cn1. The third-order valence-corrected chi connectivity index (χ3v) is 2.48. The van der Waals surface area contributed by atoms with Crippen LogP contribution in [-0.2, 0) is 4.79 Å². The molecule has 0 bridgehead atoms. The van der Waals surface area contributed by atoms with Crippen LogP contribution in [0.1, 0.15) is 20.3 Å². The number of pyridine rings is 1. The van der Waals surface area contributed by atoms with Crippen LogP contribution in [0.25, 0.3) is 0 Å². The van der Waals surface area contributed by atoms with Gasteiger partial charge in [-0.25, -0.2) is 4.98 Å². The maximum absolute atomic E-state index is 11.7. The molecule has 0 saturated heterocycles. The Bertz CT molecular complexity index is 335. The molecule has 1 aromatic heterocycles. The molecule has 0 spiro atoms. The van der Waals surface area contributed by atoms with Crippen molar-refractivity contribution in [3.8, 4) is 0 Å². The lowest BCUT2D eigenvalue weighted by Crippen LogP contribution is -2.27. The van der Waals surface area contributed by atoms with Gasteiger partial charge in [-0.3, -0.25) is 9.69 Å². The molecule has 1 rings (SSSR count). The number of hydrogen-bond acceptors (Lipinski definition) is 2. The first-order valence-electron chi connectivity index (χ1n) is 4.89. The van der Waals surface area contributed by atoms with E-state index in [1.807, 2.05) is 26.0 Å². The number of hydrogen-bond donors (Lipinski definition) is 0. The van der Waals surface area contributed by atoms with E-state index in [4.69, 9.17) is 0 Å². The highest BCUT2D eigenvalue weighted by atomic mass is 79.9. The van der Waals surface area contributed by atoms with Gasteiger partial charge in [-0.05, 0) is 34.0 Å². The summed E-state index contributed by atoms with van der Waals surface area (Å²) >= 11 is 3.31. The summed E-state index contributed by atoms with van der Waals surface area (Å²) in [5, 5.41) is 0. The third kappa shape index (κ3) is 3.63. The van der Waals surface area contributed by atoms with Gasteiger partial charge in [-0.2, -0.15) is 0 Å². The van der Waals surface area contributed by atoms with Gasteiger partial charge in [0.1, 0.15) is 5.82 Å². The van der Waals surface area contributed by atoms with Gasteiger partial charge in [-0.1, -0.05) is 13.8 Å². The van der Waals surface area contributed by atoms with E-state index in [9.17, 15) is 4.79 Å². The van der Waals surface area contributed by atoms with Gasteiger partial charge >= 0.3 is 0 Å². The third-order valence-electron chi connectivity index (χ3n) is 2.01. The largest absolute Gasteiger partial charge is 0.300 e. The van der Waals surface area contributed by atoms with Gasteiger partial charge < -0.3 is 0 Å². The molecule has 82 valence electrons. The Kier molecular flexibility index (Phi) is 4.27. The summed E-state index contributed by atoms with van der Waals surface area (Å²) in [5.41, 5.74) is 0. The van der Waals surface area contributed by atoms with Crippen molar-refractivity contribution in [2.24, 2.45) is 5.92 Å². The van der Waals surface area contributed by atoms with Crippen molar-refractivity contribution in [1.29, 1.82) is 0 Å². The number of carbonyl (C=O) groups excluding carboxylic acids is 1. The van der Waals surface area contributed by atoms with Gasteiger partial charge in [0.2, 0.25) is 5.91 Å². The van der Waals surface area contributed by atoms with E-state index in [0.717, 1.165) is 4.47 Å². The van der Waals surface area contributed by atoms with Crippen molar-refractivity contribution in [1.82, 2.24) is 4.98 Å². The molecule has 0 aliphatic heterocycles. The molecule has 0 unspecified atom stereocenters. The maximum Gasteiger partial charge on any atom is 0.228 e. The van der Waals surface area contributed by atoms with E-state index in [-0.39, 0.29) is 5.91 Å². The Morgan fingerprint density at radius 2 is 2.20 bits per heavy atom. The van der Waals surface area contributed by atoms with Crippen molar-refractivity contribution in [2.75, 3.05) is 11.9 Å². The number of halogens is 1. The quantitative estimate of drug-likeness (QED) is 0.846. The van der Waals surface area contributed by atoms with E-state index in [2.05, 4.69) is 20.9 Å². The Labute approximate surface area is 98.6 Å². The number of nitrogens with zero attached hydrogens (tertiary/aromatic N) is 2. The molecular weight excluding hydrogens is 256 g/mol. The fraction of sp³-hybridized carbons (Fsp3) is 0.455. The average Bonchev–Trinajstić information content (AvgIpc) is 2.17. The van der Waals surface area contributed by atoms with Crippen LogP contribution in [0.4, 0.5) is 5.82 Å². The van der Waals surface area contributed by atoms with E-state index < -0.39 is 0 Å². The van der Waals surface area contributed by atoms with Gasteiger partial charge in [0.25, 0.3) is 0 Å². The van der Waals surface area contributed by atoms with Crippen LogP contribution in [0.3, 0.4) is 0 Å². The van der Waals surface area contributed by atoms with E-state index in [1.165, 1.54) is 0 Å². The molecule has 0 atom stereocenters. The molecule has 3 nitrogen and oxygen atoms in total. The number of anilines is 1. The summed E-state index contributed by atoms with van der Waals surface area (Å²) in [6, 6.07) is 3.70. The summed E-state index contributed by atoms with van der Waals surface area (Å²) in [7, 11) is 1.75. The minimum absolute atomic E-state index is 0.0971. The molecule has 1 heterocycles. The first-order chi connectivity index (χ1) is 7.00. The normalized spacial score (nSPS) is 10.5. The lowest BCUT2D eigenvalue weighted by molar-refractivity contribution is -0.119. The molecule has 0 aliphatic carbocycles. The number of carbonyl (C=O) groups is 1. The molecule has 0 N–H and O–H groups in total. The van der Waals surface area contributed by atoms with Crippen molar-refractivity contribution in [2.45, 2.75) is 20.3 Å². The molecular formula is C11H15BrN2O. The predicted molar refractivity (Wildman–Crippen MR) is 64.8 cm³/mol. The smallest absolute Gasteiger partial charge is 0.228 e. The molecule has 1 aromatic rings. The number of rotatable bonds is 3. The Balaban J connectivity index is 2.71. The molecule has 0 saturated carbocycles. The molecule has 15 heavy (non-hydrogen) atoms. The predicted octanol–water partition coefficient (Wildman–Crippen LogP) is 2.85. The summed E-state index contributed by atoms with van der Waals surface area (Å²) in [5.74, 6) is 1.15. The van der Waals surface area contributed by atoms with E-state index in [1.54, 1.807) is 18.1 Å². The van der Waals surface area contributed by atoms with Crippen LogP contribution in [0, 0.1) is 5.92 Å². The zero-order chi connectivity index (χ0) is 11.4. The van der Waals surface area contributed by atoms with E-state index in [0.29, 0.717) is 18.2 Å². The van der Waals surface area contributed by atoms with Crippen molar-refractivity contribution in [3.63, 3.8) is 0 Å². The number of amides is 1. The highest BCUT2D eigenvalue weighted by Crippen LogP contribution is 2.15. The molecule has 0 aliphatic rings. The topological polar surface area (TPSA) is 33.2 Å². The monoisotopic (exact) mass is 270 g/mol. The summed E-state index contributed by atoms with van der Waals surface area (Å²) in [6.07, 6.45) is 2.24. The summed E-state index contributed by atoms with van der Waals surface area (Å²) in [4.78, 5) is 17.5. The van der Waals surface area contributed by atoms with Crippen LogP contribution in [0.5, 0.6) is 0 Å². The Hall–Kier alpha value is -0.900. The van der Waals surface area contributed by atoms with Crippen LogP contribution in [0.15, 0.2) is 22.8 Å². The van der Waals surface area contributed by atoms with Gasteiger partial charge in [0.05, 0.1) is 0 Å². The molecule has 4 heteroatoms. The molecule has 0 radical (unpaired) electrons. The van der Waals surface area contributed by atoms with Crippen LogP contribution in [-0.4, -0.2) is 17.9 Å². The summed E-state index contributed by atoms with van der Waals surface area (Å²) < 4.78 is 0.913. The minimum Gasteiger partial charge on any atom is -0.300 e. The van der Waals surface area contributed by atoms with Crippen molar-refractivity contribution in [3.05, 3.63) is 22.8 Å². The fourth-order valence-corrected chi connectivity index (χ4v) is 1.41. The minimum atomic E-state index is 0.0971. The average molecular weight is 271 g/mol. The maximum atomic E-state index is 11.7. The molecule has 0 fully saturated rings. The molecule has 0 aromatic carbocycles. The molecule has 1 amide bonds. The Morgan fingerprint density at radius 1 is 1.53 bits per heavy atom. The zero-order valence-corrected chi connectivity index (χ0v) is 10.8. The lowest BCUT2D eigenvalue weighted by Gasteiger charge is -2.17. The second-order valence-corrected chi connectivity index (χ2v) is 4.80. The zero-order valence-electron chi connectivity index (χ0n) is 9.20. The first kappa shape index (κ1) is 12.2. The van der Waals surface area contributed by atoms with Gasteiger partial charge in [0.15, 0.2) is 0 Å². The van der Waals surface area contributed by atoms with Gasteiger partial charge in [-0.15, -0.1) is 0 Å². The second-order valence-electron chi connectivity index (χ2n) is 3.89. The second kappa shape index (κ2) is 5.26. The standard InChI is InChI=1S/C11H15BrN2O/c1-8(2)6-11(15)14(3)10-5-4-9(12)7-13-10/h4-5,7-8H,6H2,1-3H3.